The van der Waals surface area contributed by atoms with Crippen LogP contribution >= 0.6 is 15.9 Å². The third kappa shape index (κ3) is 4.23. The van der Waals surface area contributed by atoms with Crippen LogP contribution in [0.3, 0.4) is 0 Å². The second-order valence-corrected chi connectivity index (χ2v) is 7.83. The molecular weight excluding hydrogens is 422 g/mol. The minimum absolute atomic E-state index is 0.0509. The fourth-order valence-electron chi connectivity index (χ4n) is 3.20. The van der Waals surface area contributed by atoms with Gasteiger partial charge < -0.3 is 14.8 Å². The van der Waals surface area contributed by atoms with Gasteiger partial charge in [0.05, 0.1) is 30.6 Å². The first-order valence-electron chi connectivity index (χ1n) is 9.35. The van der Waals surface area contributed by atoms with E-state index in [0.29, 0.717) is 0 Å². The topological polar surface area (TPSA) is 82.1 Å². The zero-order valence-corrected chi connectivity index (χ0v) is 17.4. The van der Waals surface area contributed by atoms with Crippen molar-refractivity contribution in [1.29, 1.82) is 0 Å². The average Bonchev–Trinajstić information content (AvgIpc) is 2.70. The molecule has 3 aromatic rings. The summed E-state index contributed by atoms with van der Waals surface area (Å²) in [6, 6.07) is 7.84. The molecule has 8 heteroatoms. The van der Waals surface area contributed by atoms with Crippen LogP contribution in [0.4, 0.5) is 5.82 Å². The third-order valence-electron chi connectivity index (χ3n) is 4.75. The van der Waals surface area contributed by atoms with Gasteiger partial charge in [0, 0.05) is 22.7 Å². The van der Waals surface area contributed by atoms with E-state index in [1.807, 2.05) is 38.1 Å². The van der Waals surface area contributed by atoms with E-state index in [-0.39, 0.29) is 12.1 Å². The average molecular weight is 444 g/mol. The van der Waals surface area contributed by atoms with Gasteiger partial charge in [-0.2, -0.15) is 10.2 Å². The van der Waals surface area contributed by atoms with Crippen LogP contribution in [-0.2, 0) is 4.74 Å². The fourth-order valence-corrected chi connectivity index (χ4v) is 3.64. The molecule has 0 saturated carbocycles. The van der Waals surface area contributed by atoms with Crippen LogP contribution in [-0.4, -0.2) is 39.5 Å². The monoisotopic (exact) mass is 443 g/mol. The van der Waals surface area contributed by atoms with E-state index < -0.39 is 0 Å². The molecule has 0 bridgehead atoms. The number of benzene rings is 1. The van der Waals surface area contributed by atoms with E-state index >= 15 is 0 Å². The normalized spacial score (nSPS) is 16.1. The van der Waals surface area contributed by atoms with Gasteiger partial charge in [-0.15, -0.1) is 0 Å². The zero-order valence-electron chi connectivity index (χ0n) is 15.9. The molecule has 7 nitrogen and oxygen atoms in total. The Kier molecular flexibility index (Phi) is 5.68. The molecule has 3 heterocycles. The first-order valence-corrected chi connectivity index (χ1v) is 10.1. The van der Waals surface area contributed by atoms with Gasteiger partial charge in [0.15, 0.2) is 0 Å². The van der Waals surface area contributed by atoms with Crippen molar-refractivity contribution in [3.05, 3.63) is 46.5 Å². The number of nitrogens with zero attached hydrogens (tertiary/aromatic N) is 4. The molecule has 4 rings (SSSR count). The molecule has 1 N–H and O–H groups in total. The van der Waals surface area contributed by atoms with Gasteiger partial charge in [0.2, 0.25) is 0 Å². The maximum atomic E-state index is 6.26. The Bertz CT molecular complexity index is 961. The fraction of sp³-hybridized carbons (Fsp3) is 0.400. The quantitative estimate of drug-likeness (QED) is 0.631. The summed E-state index contributed by atoms with van der Waals surface area (Å²) in [5.41, 5.74) is 2.53. The van der Waals surface area contributed by atoms with E-state index in [9.17, 15) is 0 Å². The summed E-state index contributed by atoms with van der Waals surface area (Å²) in [7, 11) is 0. The standard InChI is InChI=1S/C20H22BrN5O2/c1-12-3-4-17(26-25-12)13(2)24-20-16-9-14(21)10-18(19(16)22-11-23-20)28-15-5-7-27-8-6-15/h3-4,9-11,13,15H,5-8H2,1-2H3,(H,22,23,24). The largest absolute Gasteiger partial charge is 0.488 e. The maximum Gasteiger partial charge on any atom is 0.147 e. The summed E-state index contributed by atoms with van der Waals surface area (Å²) in [4.78, 5) is 8.94. The molecule has 0 spiro atoms. The second kappa shape index (κ2) is 8.36. The Labute approximate surface area is 172 Å². The predicted molar refractivity (Wildman–Crippen MR) is 111 cm³/mol. The lowest BCUT2D eigenvalue weighted by atomic mass is 10.1. The van der Waals surface area contributed by atoms with Crippen LogP contribution in [0.15, 0.2) is 35.1 Å². The van der Waals surface area contributed by atoms with Gasteiger partial charge in [0.25, 0.3) is 0 Å². The molecule has 1 aromatic carbocycles. The number of aryl methyl sites for hydroxylation is 1. The Balaban J connectivity index is 1.64. The van der Waals surface area contributed by atoms with Gasteiger partial charge >= 0.3 is 0 Å². The highest BCUT2D eigenvalue weighted by Gasteiger charge is 2.19. The van der Waals surface area contributed by atoms with Gasteiger partial charge in [-0.25, -0.2) is 9.97 Å². The first-order chi connectivity index (χ1) is 13.6. The van der Waals surface area contributed by atoms with Crippen LogP contribution in [0.2, 0.25) is 0 Å². The van der Waals surface area contributed by atoms with Crippen LogP contribution in [0, 0.1) is 6.92 Å². The van der Waals surface area contributed by atoms with Gasteiger partial charge in [0.1, 0.15) is 29.5 Å². The maximum absolute atomic E-state index is 6.26. The van der Waals surface area contributed by atoms with Gasteiger partial charge in [-0.1, -0.05) is 15.9 Å². The van der Waals surface area contributed by atoms with Crippen molar-refractivity contribution in [1.82, 2.24) is 20.2 Å². The van der Waals surface area contributed by atoms with Crippen LogP contribution in [0.5, 0.6) is 5.75 Å². The molecule has 1 unspecified atom stereocenters. The molecule has 2 aromatic heterocycles. The van der Waals surface area contributed by atoms with Crippen molar-refractivity contribution in [2.75, 3.05) is 18.5 Å². The number of ether oxygens (including phenoxy) is 2. The predicted octanol–water partition coefficient (Wildman–Crippen LogP) is 4.22. The molecule has 0 radical (unpaired) electrons. The molecular formula is C20H22BrN5O2. The third-order valence-corrected chi connectivity index (χ3v) is 5.20. The molecule has 146 valence electrons. The Morgan fingerprint density at radius 3 is 2.75 bits per heavy atom. The SMILES string of the molecule is Cc1ccc(C(C)Nc2ncnc3c(OC4CCOCC4)cc(Br)cc23)nn1. The van der Waals surface area contributed by atoms with Crippen LogP contribution in [0.1, 0.15) is 37.2 Å². The first kappa shape index (κ1) is 19.0. The molecule has 28 heavy (non-hydrogen) atoms. The van der Waals surface area contributed by atoms with Gasteiger partial charge in [-0.3, -0.25) is 0 Å². The summed E-state index contributed by atoms with van der Waals surface area (Å²) >= 11 is 3.59. The van der Waals surface area contributed by atoms with Crippen molar-refractivity contribution in [2.24, 2.45) is 0 Å². The molecule has 1 saturated heterocycles. The second-order valence-electron chi connectivity index (χ2n) is 6.92. The smallest absolute Gasteiger partial charge is 0.147 e. The van der Waals surface area contributed by atoms with Crippen LogP contribution < -0.4 is 10.1 Å². The van der Waals surface area contributed by atoms with E-state index in [4.69, 9.17) is 9.47 Å². The summed E-state index contributed by atoms with van der Waals surface area (Å²) in [6.45, 7) is 5.41. The number of aromatic nitrogens is 4. The lowest BCUT2D eigenvalue weighted by Crippen LogP contribution is -2.26. The lowest BCUT2D eigenvalue weighted by molar-refractivity contribution is 0.0261. The van der Waals surface area contributed by atoms with Crippen LogP contribution in [0.25, 0.3) is 10.9 Å². The highest BCUT2D eigenvalue weighted by Crippen LogP contribution is 2.34. The summed E-state index contributed by atoms with van der Waals surface area (Å²) in [5, 5.41) is 12.7. The Morgan fingerprint density at radius 2 is 2.00 bits per heavy atom. The molecule has 1 fully saturated rings. The van der Waals surface area contributed by atoms with E-state index in [0.717, 1.165) is 64.4 Å². The zero-order chi connectivity index (χ0) is 19.5. The summed E-state index contributed by atoms with van der Waals surface area (Å²) < 4.78 is 12.6. The van der Waals surface area contributed by atoms with E-state index in [1.165, 1.54) is 0 Å². The number of hydrogen-bond acceptors (Lipinski definition) is 7. The Hall–Kier alpha value is -2.32. The van der Waals surface area contributed by atoms with Crippen molar-refractivity contribution in [3.63, 3.8) is 0 Å². The highest BCUT2D eigenvalue weighted by molar-refractivity contribution is 9.10. The minimum atomic E-state index is -0.0509. The van der Waals surface area contributed by atoms with E-state index in [1.54, 1.807) is 6.33 Å². The lowest BCUT2D eigenvalue weighted by Gasteiger charge is -2.24. The van der Waals surface area contributed by atoms with Crippen molar-refractivity contribution >= 4 is 32.7 Å². The number of hydrogen-bond donors (Lipinski definition) is 1. The highest BCUT2D eigenvalue weighted by atomic mass is 79.9. The molecule has 1 aliphatic heterocycles. The number of fused-ring (bicyclic) bond motifs is 1. The number of halogens is 1. The van der Waals surface area contributed by atoms with Crippen molar-refractivity contribution < 1.29 is 9.47 Å². The van der Waals surface area contributed by atoms with Crippen molar-refractivity contribution in [2.45, 2.75) is 38.8 Å². The van der Waals surface area contributed by atoms with Crippen molar-refractivity contribution in [3.8, 4) is 5.75 Å². The summed E-state index contributed by atoms with van der Waals surface area (Å²) in [5.74, 6) is 1.49. The number of anilines is 1. The minimum Gasteiger partial charge on any atom is -0.488 e. The molecule has 1 atom stereocenters. The number of nitrogens with one attached hydrogen (secondary N) is 1. The van der Waals surface area contributed by atoms with Gasteiger partial charge in [-0.05, 0) is 38.1 Å². The summed E-state index contributed by atoms with van der Waals surface area (Å²) in [6.07, 6.45) is 3.46. The molecule has 1 aliphatic rings. The Morgan fingerprint density at radius 1 is 1.18 bits per heavy atom. The van der Waals surface area contributed by atoms with E-state index in [2.05, 4.69) is 41.4 Å². The molecule has 0 aliphatic carbocycles. The molecule has 0 amide bonds. The number of rotatable bonds is 5.